The van der Waals surface area contributed by atoms with E-state index in [-0.39, 0.29) is 0 Å². The van der Waals surface area contributed by atoms with Crippen LogP contribution in [0.1, 0.15) is 11.1 Å². The van der Waals surface area contributed by atoms with Gasteiger partial charge in [-0.05, 0) is 37.1 Å². The first-order valence-electron chi connectivity index (χ1n) is 9.86. The molecule has 0 heterocycles. The van der Waals surface area contributed by atoms with Crippen LogP contribution in [0.4, 0.5) is 0 Å². The standard InChI is InChI=1S/C22H34N4/c1-3-7-21(8-4-1)11-13-23-15-17-25-19-20-26-18-16-24-14-12-22-9-5-2-6-10-22/h1-10,23-26H,11-20H2. The molecule has 0 bridgehead atoms. The fourth-order valence-electron chi connectivity index (χ4n) is 2.79. The highest BCUT2D eigenvalue weighted by Crippen LogP contribution is 1.98. The number of hydrogen-bond acceptors (Lipinski definition) is 4. The maximum absolute atomic E-state index is 3.48. The second-order valence-corrected chi connectivity index (χ2v) is 6.47. The van der Waals surface area contributed by atoms with Crippen LogP contribution in [-0.4, -0.2) is 52.4 Å². The van der Waals surface area contributed by atoms with Gasteiger partial charge in [-0.2, -0.15) is 0 Å². The molecule has 4 N–H and O–H groups in total. The van der Waals surface area contributed by atoms with Crippen LogP contribution in [0, 0.1) is 0 Å². The zero-order valence-electron chi connectivity index (χ0n) is 15.8. The van der Waals surface area contributed by atoms with Crippen molar-refractivity contribution in [3.05, 3.63) is 71.8 Å². The maximum Gasteiger partial charge on any atom is 0.00772 e. The van der Waals surface area contributed by atoms with Gasteiger partial charge in [-0.15, -0.1) is 0 Å². The Bertz CT molecular complexity index is 493. The molecule has 0 radical (unpaired) electrons. The normalized spacial score (nSPS) is 10.9. The van der Waals surface area contributed by atoms with Crippen molar-refractivity contribution in [2.45, 2.75) is 12.8 Å². The number of benzene rings is 2. The van der Waals surface area contributed by atoms with E-state index in [1.165, 1.54) is 11.1 Å². The summed E-state index contributed by atoms with van der Waals surface area (Å²) in [6, 6.07) is 21.3. The predicted molar refractivity (Wildman–Crippen MR) is 112 cm³/mol. The monoisotopic (exact) mass is 354 g/mol. The molecule has 0 fully saturated rings. The SMILES string of the molecule is c1ccc(CCNCCNCCNCCNCCc2ccccc2)cc1. The van der Waals surface area contributed by atoms with Crippen molar-refractivity contribution in [3.8, 4) is 0 Å². The predicted octanol–water partition coefficient (Wildman–Crippen LogP) is 1.83. The first-order valence-corrected chi connectivity index (χ1v) is 9.86. The van der Waals surface area contributed by atoms with Crippen molar-refractivity contribution in [1.29, 1.82) is 0 Å². The molecule has 0 aromatic heterocycles. The fraction of sp³-hybridized carbons (Fsp3) is 0.455. The summed E-state index contributed by atoms with van der Waals surface area (Å²) < 4.78 is 0. The van der Waals surface area contributed by atoms with E-state index in [4.69, 9.17) is 0 Å². The number of rotatable bonds is 15. The van der Waals surface area contributed by atoms with Crippen LogP contribution >= 0.6 is 0 Å². The lowest BCUT2D eigenvalue weighted by Crippen LogP contribution is -2.35. The van der Waals surface area contributed by atoms with E-state index in [0.29, 0.717) is 0 Å². The van der Waals surface area contributed by atoms with Gasteiger partial charge in [0.15, 0.2) is 0 Å². The van der Waals surface area contributed by atoms with Crippen molar-refractivity contribution >= 4 is 0 Å². The summed E-state index contributed by atoms with van der Waals surface area (Å²) in [5.41, 5.74) is 2.80. The van der Waals surface area contributed by atoms with Crippen LogP contribution in [0.5, 0.6) is 0 Å². The lowest BCUT2D eigenvalue weighted by molar-refractivity contribution is 0.567. The van der Waals surface area contributed by atoms with Gasteiger partial charge in [0.05, 0.1) is 0 Å². The first kappa shape index (κ1) is 20.6. The molecule has 2 aromatic carbocycles. The number of hydrogen-bond donors (Lipinski definition) is 4. The van der Waals surface area contributed by atoms with Gasteiger partial charge in [-0.25, -0.2) is 0 Å². The molecule has 0 unspecified atom stereocenters. The van der Waals surface area contributed by atoms with E-state index in [9.17, 15) is 0 Å². The molecular weight excluding hydrogens is 320 g/mol. The topological polar surface area (TPSA) is 48.1 Å². The van der Waals surface area contributed by atoms with Gasteiger partial charge in [0.25, 0.3) is 0 Å². The van der Waals surface area contributed by atoms with Crippen LogP contribution in [0.2, 0.25) is 0 Å². The minimum absolute atomic E-state index is 1.02. The molecule has 0 saturated heterocycles. The molecular formula is C22H34N4. The molecule has 0 aliphatic carbocycles. The third kappa shape index (κ3) is 10.3. The summed E-state index contributed by atoms with van der Waals surface area (Å²) in [7, 11) is 0. The van der Waals surface area contributed by atoms with E-state index >= 15 is 0 Å². The van der Waals surface area contributed by atoms with Crippen molar-refractivity contribution < 1.29 is 0 Å². The molecule has 0 saturated carbocycles. The number of nitrogens with one attached hydrogen (secondary N) is 4. The Morgan fingerprint density at radius 3 is 1.04 bits per heavy atom. The first-order chi connectivity index (χ1) is 12.9. The van der Waals surface area contributed by atoms with E-state index < -0.39 is 0 Å². The Kier molecular flexibility index (Phi) is 11.4. The molecule has 4 heteroatoms. The quantitative estimate of drug-likeness (QED) is 0.369. The van der Waals surface area contributed by atoms with Crippen LogP contribution in [-0.2, 0) is 12.8 Å². The average molecular weight is 355 g/mol. The van der Waals surface area contributed by atoms with Crippen molar-refractivity contribution in [3.63, 3.8) is 0 Å². The van der Waals surface area contributed by atoms with Crippen LogP contribution < -0.4 is 21.3 Å². The molecule has 26 heavy (non-hydrogen) atoms. The van der Waals surface area contributed by atoms with Crippen molar-refractivity contribution in [2.24, 2.45) is 0 Å². The largest absolute Gasteiger partial charge is 0.315 e. The van der Waals surface area contributed by atoms with Crippen molar-refractivity contribution in [1.82, 2.24) is 21.3 Å². The Morgan fingerprint density at radius 1 is 0.385 bits per heavy atom. The average Bonchev–Trinajstić information content (AvgIpc) is 2.70. The van der Waals surface area contributed by atoms with Gasteiger partial charge < -0.3 is 21.3 Å². The summed E-state index contributed by atoms with van der Waals surface area (Å²) in [4.78, 5) is 0. The summed E-state index contributed by atoms with van der Waals surface area (Å²) >= 11 is 0. The van der Waals surface area contributed by atoms with Crippen LogP contribution in [0.3, 0.4) is 0 Å². The van der Waals surface area contributed by atoms with E-state index in [0.717, 1.165) is 65.2 Å². The highest BCUT2D eigenvalue weighted by molar-refractivity contribution is 5.15. The molecule has 2 rings (SSSR count). The van der Waals surface area contributed by atoms with Gasteiger partial charge in [0, 0.05) is 39.3 Å². The fourth-order valence-corrected chi connectivity index (χ4v) is 2.79. The van der Waals surface area contributed by atoms with Crippen LogP contribution in [0.25, 0.3) is 0 Å². The highest BCUT2D eigenvalue weighted by Gasteiger charge is 1.93. The third-order valence-electron chi connectivity index (χ3n) is 4.30. The summed E-state index contributed by atoms with van der Waals surface area (Å²) in [5.74, 6) is 0. The minimum atomic E-state index is 1.02. The zero-order chi connectivity index (χ0) is 18.1. The molecule has 0 spiro atoms. The molecule has 0 amide bonds. The van der Waals surface area contributed by atoms with Gasteiger partial charge in [-0.3, -0.25) is 0 Å². The van der Waals surface area contributed by atoms with Crippen molar-refractivity contribution in [2.75, 3.05) is 52.4 Å². The minimum Gasteiger partial charge on any atom is -0.315 e. The van der Waals surface area contributed by atoms with E-state index in [1.54, 1.807) is 0 Å². The van der Waals surface area contributed by atoms with Crippen LogP contribution in [0.15, 0.2) is 60.7 Å². The highest BCUT2D eigenvalue weighted by atomic mass is 15.0. The Morgan fingerprint density at radius 2 is 0.692 bits per heavy atom. The molecule has 0 aliphatic rings. The second kappa shape index (κ2) is 14.4. The summed E-state index contributed by atoms with van der Waals surface area (Å²) in [5, 5.41) is 13.9. The molecule has 142 valence electrons. The van der Waals surface area contributed by atoms with E-state index in [1.807, 2.05) is 0 Å². The molecule has 0 aliphatic heterocycles. The van der Waals surface area contributed by atoms with Gasteiger partial charge in [0.1, 0.15) is 0 Å². The third-order valence-corrected chi connectivity index (χ3v) is 4.30. The summed E-state index contributed by atoms with van der Waals surface area (Å²) in [6.45, 7) is 8.20. The van der Waals surface area contributed by atoms with Gasteiger partial charge >= 0.3 is 0 Å². The van der Waals surface area contributed by atoms with Gasteiger partial charge in [-0.1, -0.05) is 60.7 Å². The zero-order valence-corrected chi connectivity index (χ0v) is 15.8. The molecule has 2 aromatic rings. The molecule has 0 atom stereocenters. The smallest absolute Gasteiger partial charge is 0.00772 e. The molecule has 4 nitrogen and oxygen atoms in total. The Labute approximate surface area is 158 Å². The summed E-state index contributed by atoms with van der Waals surface area (Å²) in [6.07, 6.45) is 2.19. The lowest BCUT2D eigenvalue weighted by Gasteiger charge is -2.09. The maximum atomic E-state index is 3.48. The Balaban J connectivity index is 1.28. The Hall–Kier alpha value is -1.72. The van der Waals surface area contributed by atoms with Gasteiger partial charge in [0.2, 0.25) is 0 Å². The van der Waals surface area contributed by atoms with E-state index in [2.05, 4.69) is 81.9 Å². The second-order valence-electron chi connectivity index (χ2n) is 6.47. The lowest BCUT2D eigenvalue weighted by atomic mass is 10.1.